The van der Waals surface area contributed by atoms with Crippen LogP contribution >= 0.6 is 24.0 Å². The van der Waals surface area contributed by atoms with E-state index in [9.17, 15) is 18.0 Å². The molecule has 0 unspecified atom stereocenters. The number of hydrogen-bond donors (Lipinski definition) is 1. The van der Waals surface area contributed by atoms with Gasteiger partial charge in [-0.25, -0.2) is 4.99 Å². The van der Waals surface area contributed by atoms with Gasteiger partial charge in [-0.15, -0.1) is 24.0 Å². The van der Waals surface area contributed by atoms with Gasteiger partial charge in [-0.3, -0.25) is 9.69 Å². The molecule has 1 fully saturated rings. The van der Waals surface area contributed by atoms with E-state index in [0.717, 1.165) is 6.07 Å². The van der Waals surface area contributed by atoms with Crippen molar-refractivity contribution in [3.63, 3.8) is 0 Å². The summed E-state index contributed by atoms with van der Waals surface area (Å²) < 4.78 is 43.8. The van der Waals surface area contributed by atoms with Gasteiger partial charge in [0.1, 0.15) is 6.54 Å². The number of halogens is 4. The Labute approximate surface area is 198 Å². The second kappa shape index (κ2) is 13.1. The zero-order chi connectivity index (χ0) is 22.1. The molecule has 2 rings (SSSR count). The number of ether oxygens (including phenoxy) is 1. The highest BCUT2D eigenvalue weighted by Crippen LogP contribution is 2.29. The molecule has 11 heteroatoms. The van der Waals surface area contributed by atoms with E-state index >= 15 is 0 Å². The molecule has 0 saturated carbocycles. The fourth-order valence-electron chi connectivity index (χ4n) is 3.04. The number of carbonyl (C=O) groups is 1. The van der Waals surface area contributed by atoms with Crippen LogP contribution in [0.2, 0.25) is 0 Å². The maximum Gasteiger partial charge on any atom is 0.416 e. The van der Waals surface area contributed by atoms with Crippen molar-refractivity contribution in [3.05, 3.63) is 35.4 Å². The highest BCUT2D eigenvalue weighted by molar-refractivity contribution is 14.0. The van der Waals surface area contributed by atoms with Crippen molar-refractivity contribution < 1.29 is 22.7 Å². The van der Waals surface area contributed by atoms with Crippen molar-refractivity contribution >= 4 is 35.8 Å². The number of hydrogen-bond acceptors (Lipinski definition) is 4. The summed E-state index contributed by atoms with van der Waals surface area (Å²) in [5.74, 6) is 0.546. The zero-order valence-electron chi connectivity index (χ0n) is 18.1. The van der Waals surface area contributed by atoms with Gasteiger partial charge in [-0.05, 0) is 11.6 Å². The van der Waals surface area contributed by atoms with E-state index in [1.807, 2.05) is 0 Å². The Hall–Kier alpha value is -1.60. The van der Waals surface area contributed by atoms with Crippen molar-refractivity contribution in [2.45, 2.75) is 12.7 Å². The van der Waals surface area contributed by atoms with Gasteiger partial charge in [0.25, 0.3) is 0 Å². The van der Waals surface area contributed by atoms with Crippen LogP contribution in [0.25, 0.3) is 0 Å². The molecule has 1 saturated heterocycles. The second-order valence-electron chi connectivity index (χ2n) is 7.31. The first-order chi connectivity index (χ1) is 14.2. The number of nitrogens with zero attached hydrogens (tertiary/aromatic N) is 4. The molecule has 0 atom stereocenters. The third-order valence-electron chi connectivity index (χ3n) is 4.78. The van der Waals surface area contributed by atoms with E-state index in [0.29, 0.717) is 57.4 Å². The lowest BCUT2D eigenvalue weighted by molar-refractivity contribution is -0.137. The van der Waals surface area contributed by atoms with E-state index in [2.05, 4.69) is 20.1 Å². The molecule has 0 bridgehead atoms. The van der Waals surface area contributed by atoms with E-state index in [1.54, 1.807) is 27.3 Å². The number of rotatable bonds is 7. The van der Waals surface area contributed by atoms with E-state index in [4.69, 9.17) is 4.74 Å². The van der Waals surface area contributed by atoms with E-state index in [1.165, 1.54) is 17.0 Å². The number of benzene rings is 1. The Morgan fingerprint density at radius 3 is 2.48 bits per heavy atom. The van der Waals surface area contributed by atoms with Crippen LogP contribution in [0, 0.1) is 0 Å². The third-order valence-corrected chi connectivity index (χ3v) is 4.78. The van der Waals surface area contributed by atoms with E-state index < -0.39 is 11.7 Å². The van der Waals surface area contributed by atoms with Gasteiger partial charge < -0.3 is 19.9 Å². The maximum absolute atomic E-state index is 12.9. The lowest BCUT2D eigenvalue weighted by Gasteiger charge is -2.36. The number of amides is 1. The average Bonchev–Trinajstić information content (AvgIpc) is 2.70. The number of methoxy groups -OCH3 is 1. The summed E-state index contributed by atoms with van der Waals surface area (Å²) in [6.45, 7) is 4.27. The molecule has 1 aliphatic heterocycles. The Morgan fingerprint density at radius 1 is 1.23 bits per heavy atom. The zero-order valence-corrected chi connectivity index (χ0v) is 20.4. The maximum atomic E-state index is 12.9. The molecule has 0 spiro atoms. The first-order valence-corrected chi connectivity index (χ1v) is 9.81. The van der Waals surface area contributed by atoms with Crippen molar-refractivity contribution in [3.8, 4) is 0 Å². The van der Waals surface area contributed by atoms with Crippen LogP contribution < -0.4 is 5.32 Å². The van der Waals surface area contributed by atoms with Crippen molar-refractivity contribution in [1.29, 1.82) is 0 Å². The molecule has 1 aromatic rings. The predicted molar refractivity (Wildman–Crippen MR) is 125 cm³/mol. The minimum atomic E-state index is -4.34. The molecule has 0 aromatic heterocycles. The molecule has 1 amide bonds. The number of guanidine groups is 1. The second-order valence-corrected chi connectivity index (χ2v) is 7.31. The normalized spacial score (nSPS) is 15.4. The minimum Gasteiger partial charge on any atom is -0.383 e. The number of alkyl halides is 3. The van der Waals surface area contributed by atoms with Crippen molar-refractivity contribution in [2.24, 2.45) is 4.99 Å². The topological polar surface area (TPSA) is 60.4 Å². The Balaban J connectivity index is 0.00000480. The highest BCUT2D eigenvalue weighted by atomic mass is 127. The van der Waals surface area contributed by atoms with Crippen LogP contribution in [0.1, 0.15) is 11.1 Å². The van der Waals surface area contributed by atoms with Crippen LogP contribution in [0.5, 0.6) is 0 Å². The molecule has 176 valence electrons. The highest BCUT2D eigenvalue weighted by Gasteiger charge is 2.30. The third kappa shape index (κ3) is 9.19. The molecule has 31 heavy (non-hydrogen) atoms. The summed E-state index contributed by atoms with van der Waals surface area (Å²) in [7, 11) is 4.98. The Morgan fingerprint density at radius 2 is 1.90 bits per heavy atom. The quantitative estimate of drug-likeness (QED) is 0.241. The van der Waals surface area contributed by atoms with Crippen LogP contribution in [0.15, 0.2) is 29.3 Å². The SMILES string of the molecule is COCCNC(=NCC(=O)N(C)C)N1CCN(Cc2cccc(C(F)(F)F)c2)CC1.I. The number of likely N-dealkylation sites (N-methyl/N-ethyl adjacent to an activating group) is 1. The minimum absolute atomic E-state index is 0. The Kier molecular flexibility index (Phi) is 11.6. The lowest BCUT2D eigenvalue weighted by atomic mass is 10.1. The largest absolute Gasteiger partial charge is 0.416 e. The standard InChI is InChI=1S/C20H30F3N5O2.HI/c1-26(2)18(29)14-25-19(24-7-12-30-3)28-10-8-27(9-11-28)15-16-5-4-6-17(13-16)20(21,22)23;/h4-6,13H,7-12,14-15H2,1-3H3,(H,24,25);1H. The number of piperazine rings is 1. The molecular weight excluding hydrogens is 526 g/mol. The molecule has 1 heterocycles. The van der Waals surface area contributed by atoms with Crippen molar-refractivity contribution in [1.82, 2.24) is 20.0 Å². The van der Waals surface area contributed by atoms with Gasteiger partial charge in [-0.1, -0.05) is 18.2 Å². The monoisotopic (exact) mass is 557 g/mol. The summed E-state index contributed by atoms with van der Waals surface area (Å²) in [6, 6.07) is 5.46. The van der Waals surface area contributed by atoms with Gasteiger partial charge in [0.15, 0.2) is 5.96 Å². The molecule has 7 nitrogen and oxygen atoms in total. The summed E-state index contributed by atoms with van der Waals surface area (Å²) in [6.07, 6.45) is -4.34. The molecule has 1 aromatic carbocycles. The molecular formula is C20H31F3IN5O2. The number of aliphatic imine (C=N–C) groups is 1. The summed E-state index contributed by atoms with van der Waals surface area (Å²) >= 11 is 0. The van der Waals surface area contributed by atoms with Crippen molar-refractivity contribution in [2.75, 3.05) is 67.1 Å². The fraction of sp³-hybridized carbons (Fsp3) is 0.600. The first-order valence-electron chi connectivity index (χ1n) is 9.81. The molecule has 1 N–H and O–H groups in total. The predicted octanol–water partition coefficient (Wildman–Crippen LogP) is 2.12. The molecule has 0 radical (unpaired) electrons. The van der Waals surface area contributed by atoms with Gasteiger partial charge in [0, 0.05) is 60.5 Å². The smallest absolute Gasteiger partial charge is 0.383 e. The van der Waals surface area contributed by atoms with Gasteiger partial charge in [-0.2, -0.15) is 13.2 Å². The average molecular weight is 557 g/mol. The van der Waals surface area contributed by atoms with E-state index in [-0.39, 0.29) is 36.4 Å². The summed E-state index contributed by atoms with van der Waals surface area (Å²) in [5.41, 5.74) is 0.0166. The van der Waals surface area contributed by atoms with Gasteiger partial charge in [0.05, 0.1) is 12.2 Å². The first kappa shape index (κ1) is 27.4. The fourth-order valence-corrected chi connectivity index (χ4v) is 3.04. The lowest BCUT2D eigenvalue weighted by Crippen LogP contribution is -2.52. The molecule has 0 aliphatic carbocycles. The van der Waals surface area contributed by atoms with Gasteiger partial charge >= 0.3 is 6.18 Å². The van der Waals surface area contributed by atoms with Crippen LogP contribution in [0.3, 0.4) is 0 Å². The molecule has 1 aliphatic rings. The summed E-state index contributed by atoms with van der Waals surface area (Å²) in [4.78, 5) is 22.0. The van der Waals surface area contributed by atoms with Crippen LogP contribution in [-0.4, -0.2) is 93.6 Å². The van der Waals surface area contributed by atoms with Crippen LogP contribution in [0.4, 0.5) is 13.2 Å². The number of nitrogens with one attached hydrogen (secondary N) is 1. The summed E-state index contributed by atoms with van der Waals surface area (Å²) in [5, 5.41) is 3.21. The van der Waals surface area contributed by atoms with Crippen LogP contribution in [-0.2, 0) is 22.3 Å². The number of carbonyl (C=O) groups excluding carboxylic acids is 1. The van der Waals surface area contributed by atoms with Gasteiger partial charge in [0.2, 0.25) is 5.91 Å². The Bertz CT molecular complexity index is 723.